The van der Waals surface area contributed by atoms with Crippen LogP contribution in [0, 0.1) is 6.92 Å². The highest BCUT2D eigenvalue weighted by Crippen LogP contribution is 2.19. The smallest absolute Gasteiger partial charge is 0.251 e. The fraction of sp³-hybridized carbons (Fsp3) is 0.154. The van der Waals surface area contributed by atoms with Crippen molar-refractivity contribution in [1.82, 2.24) is 4.57 Å². The molecule has 0 atom stereocenters. The molecule has 88 valence electrons. The summed E-state index contributed by atoms with van der Waals surface area (Å²) in [6.45, 7) is 2.36. The van der Waals surface area contributed by atoms with Crippen LogP contribution >= 0.6 is 11.6 Å². The predicted molar refractivity (Wildman–Crippen MR) is 70.4 cm³/mol. The summed E-state index contributed by atoms with van der Waals surface area (Å²) in [5, 5.41) is 0.583. The number of nitrogens with zero attached hydrogens (tertiary/aromatic N) is 1. The molecule has 0 aliphatic carbocycles. The Morgan fingerprint density at radius 3 is 2.71 bits per heavy atom. The van der Waals surface area contributed by atoms with E-state index in [0.717, 1.165) is 11.3 Å². The van der Waals surface area contributed by atoms with Crippen molar-refractivity contribution in [2.45, 2.75) is 13.5 Å². The van der Waals surface area contributed by atoms with E-state index in [1.807, 2.05) is 19.1 Å². The highest BCUT2D eigenvalue weighted by molar-refractivity contribution is 6.31. The van der Waals surface area contributed by atoms with Crippen molar-refractivity contribution in [2.75, 3.05) is 5.73 Å². The quantitative estimate of drug-likeness (QED) is 0.830. The van der Waals surface area contributed by atoms with Crippen LogP contribution in [0.3, 0.4) is 0 Å². The second-order valence-corrected chi connectivity index (χ2v) is 4.35. The van der Waals surface area contributed by atoms with Crippen LogP contribution in [0.5, 0.6) is 0 Å². The summed E-state index contributed by atoms with van der Waals surface area (Å²) in [6.07, 6.45) is 0. The van der Waals surface area contributed by atoms with Gasteiger partial charge in [0.2, 0.25) is 0 Å². The zero-order valence-corrected chi connectivity index (χ0v) is 10.2. The molecule has 17 heavy (non-hydrogen) atoms. The monoisotopic (exact) mass is 248 g/mol. The number of nitrogens with two attached hydrogens (primary N) is 1. The Morgan fingerprint density at radius 2 is 2.06 bits per heavy atom. The molecular formula is C13H13ClN2O. The number of rotatable bonds is 2. The van der Waals surface area contributed by atoms with Gasteiger partial charge in [-0.1, -0.05) is 23.7 Å². The lowest BCUT2D eigenvalue weighted by atomic mass is 10.2. The molecule has 0 unspecified atom stereocenters. The summed E-state index contributed by atoms with van der Waals surface area (Å²) < 4.78 is 1.68. The van der Waals surface area contributed by atoms with Crippen LogP contribution in [-0.4, -0.2) is 4.57 Å². The molecule has 0 saturated carbocycles. The molecule has 1 aromatic carbocycles. The number of aryl methyl sites for hydroxylation is 1. The van der Waals surface area contributed by atoms with Crippen LogP contribution in [0.25, 0.3) is 0 Å². The summed E-state index contributed by atoms with van der Waals surface area (Å²) >= 11 is 6.09. The molecule has 2 rings (SSSR count). The zero-order valence-electron chi connectivity index (χ0n) is 9.48. The van der Waals surface area contributed by atoms with Gasteiger partial charge in [-0.3, -0.25) is 4.79 Å². The van der Waals surface area contributed by atoms with Gasteiger partial charge >= 0.3 is 0 Å². The molecule has 1 heterocycles. The van der Waals surface area contributed by atoms with Gasteiger partial charge in [-0.2, -0.15) is 0 Å². The molecule has 3 nitrogen and oxygen atoms in total. The van der Waals surface area contributed by atoms with E-state index in [1.165, 1.54) is 6.07 Å². The van der Waals surface area contributed by atoms with Gasteiger partial charge in [-0.05, 0) is 30.7 Å². The molecule has 2 aromatic rings. The van der Waals surface area contributed by atoms with Crippen molar-refractivity contribution in [2.24, 2.45) is 0 Å². The fourth-order valence-electron chi connectivity index (χ4n) is 1.69. The fourth-order valence-corrected chi connectivity index (χ4v) is 1.94. The Balaban J connectivity index is 2.42. The highest BCUT2D eigenvalue weighted by Gasteiger charge is 2.04. The minimum Gasteiger partial charge on any atom is -0.399 e. The second kappa shape index (κ2) is 4.63. The molecule has 1 aromatic heterocycles. The summed E-state index contributed by atoms with van der Waals surface area (Å²) in [7, 11) is 0. The average Bonchev–Trinajstić information content (AvgIpc) is 2.26. The lowest BCUT2D eigenvalue weighted by molar-refractivity contribution is 0.730. The van der Waals surface area contributed by atoms with E-state index in [0.29, 0.717) is 17.3 Å². The van der Waals surface area contributed by atoms with E-state index in [2.05, 4.69) is 0 Å². The molecule has 0 fully saturated rings. The molecule has 0 amide bonds. The number of anilines is 1. The first-order valence-electron chi connectivity index (χ1n) is 5.28. The third kappa shape index (κ3) is 2.50. The van der Waals surface area contributed by atoms with Gasteiger partial charge in [0.05, 0.1) is 6.54 Å². The third-order valence-electron chi connectivity index (χ3n) is 2.67. The van der Waals surface area contributed by atoms with E-state index in [1.54, 1.807) is 22.8 Å². The van der Waals surface area contributed by atoms with E-state index in [9.17, 15) is 4.79 Å². The van der Waals surface area contributed by atoms with Gasteiger partial charge in [-0.15, -0.1) is 0 Å². The van der Waals surface area contributed by atoms with Gasteiger partial charge in [0.1, 0.15) is 0 Å². The summed E-state index contributed by atoms with van der Waals surface area (Å²) in [5.41, 5.74) is 8.01. The van der Waals surface area contributed by atoms with Crippen molar-refractivity contribution < 1.29 is 0 Å². The normalized spacial score (nSPS) is 10.5. The number of nitrogen functional groups attached to an aromatic ring is 1. The maximum Gasteiger partial charge on any atom is 0.251 e. The van der Waals surface area contributed by atoms with Crippen molar-refractivity contribution >= 4 is 17.3 Å². The standard InChI is InChI=1S/C13H13ClN2O/c1-9-3-2-4-13(17)16(9)8-10-5-6-11(15)7-12(10)14/h2-7H,8,15H2,1H3. The average molecular weight is 249 g/mol. The number of aromatic nitrogens is 1. The van der Waals surface area contributed by atoms with Gasteiger partial charge in [0.15, 0.2) is 0 Å². The van der Waals surface area contributed by atoms with Crippen molar-refractivity contribution in [1.29, 1.82) is 0 Å². The van der Waals surface area contributed by atoms with Gasteiger partial charge in [0.25, 0.3) is 5.56 Å². The Bertz CT molecular complexity index is 605. The minimum absolute atomic E-state index is 0.0297. The van der Waals surface area contributed by atoms with E-state index in [4.69, 9.17) is 17.3 Å². The molecular weight excluding hydrogens is 236 g/mol. The maximum absolute atomic E-state index is 11.7. The van der Waals surface area contributed by atoms with Crippen molar-refractivity contribution in [3.05, 3.63) is 63.0 Å². The first-order chi connectivity index (χ1) is 8.08. The largest absolute Gasteiger partial charge is 0.399 e. The van der Waals surface area contributed by atoms with E-state index < -0.39 is 0 Å². The van der Waals surface area contributed by atoms with E-state index in [-0.39, 0.29) is 5.56 Å². The topological polar surface area (TPSA) is 48.0 Å². The number of benzene rings is 1. The summed E-state index contributed by atoms with van der Waals surface area (Å²) in [6, 6.07) is 10.5. The molecule has 0 radical (unpaired) electrons. The number of hydrogen-bond acceptors (Lipinski definition) is 2. The molecule has 0 bridgehead atoms. The Morgan fingerprint density at radius 1 is 1.29 bits per heavy atom. The first-order valence-corrected chi connectivity index (χ1v) is 5.66. The Labute approximate surface area is 104 Å². The molecule has 2 N–H and O–H groups in total. The lowest BCUT2D eigenvalue weighted by Gasteiger charge is -2.11. The first kappa shape index (κ1) is 11.7. The maximum atomic E-state index is 11.7. The molecule has 4 heteroatoms. The summed E-state index contributed by atoms with van der Waals surface area (Å²) in [5.74, 6) is 0. The predicted octanol–water partition coefficient (Wildman–Crippen LogP) is 2.44. The highest BCUT2D eigenvalue weighted by atomic mass is 35.5. The minimum atomic E-state index is -0.0297. The molecule has 0 aliphatic rings. The molecule has 0 spiro atoms. The third-order valence-corrected chi connectivity index (χ3v) is 3.03. The van der Waals surface area contributed by atoms with Gasteiger partial charge in [0, 0.05) is 22.5 Å². The number of pyridine rings is 1. The molecule has 0 aliphatic heterocycles. The van der Waals surface area contributed by atoms with Crippen molar-refractivity contribution in [3.8, 4) is 0 Å². The van der Waals surface area contributed by atoms with Crippen LogP contribution < -0.4 is 11.3 Å². The van der Waals surface area contributed by atoms with Crippen LogP contribution in [0.1, 0.15) is 11.3 Å². The Hall–Kier alpha value is -1.74. The summed E-state index contributed by atoms with van der Waals surface area (Å²) in [4.78, 5) is 11.7. The van der Waals surface area contributed by atoms with Gasteiger partial charge in [-0.25, -0.2) is 0 Å². The van der Waals surface area contributed by atoms with Crippen LogP contribution in [0.4, 0.5) is 5.69 Å². The van der Waals surface area contributed by atoms with Crippen LogP contribution in [0.15, 0.2) is 41.2 Å². The number of hydrogen-bond donors (Lipinski definition) is 1. The lowest BCUT2D eigenvalue weighted by Crippen LogP contribution is -2.21. The molecule has 0 saturated heterocycles. The van der Waals surface area contributed by atoms with Crippen molar-refractivity contribution in [3.63, 3.8) is 0 Å². The SMILES string of the molecule is Cc1cccc(=O)n1Cc1ccc(N)cc1Cl. The zero-order chi connectivity index (χ0) is 12.4. The number of halogens is 1. The van der Waals surface area contributed by atoms with E-state index >= 15 is 0 Å². The second-order valence-electron chi connectivity index (χ2n) is 3.94. The van der Waals surface area contributed by atoms with Crippen LogP contribution in [-0.2, 0) is 6.54 Å². The van der Waals surface area contributed by atoms with Crippen LogP contribution in [0.2, 0.25) is 5.02 Å². The van der Waals surface area contributed by atoms with Gasteiger partial charge < -0.3 is 10.3 Å². The Kier molecular flexibility index (Phi) is 3.20.